The van der Waals surface area contributed by atoms with Crippen molar-refractivity contribution in [1.82, 2.24) is 4.90 Å². The monoisotopic (exact) mass is 259 g/mol. The molecule has 6 heteroatoms. The van der Waals surface area contributed by atoms with Crippen molar-refractivity contribution < 1.29 is 23.9 Å². The Morgan fingerprint density at radius 3 is 2.06 bits per heavy atom. The van der Waals surface area contributed by atoms with Gasteiger partial charge in [0.1, 0.15) is 6.42 Å². The molecule has 0 aliphatic rings. The summed E-state index contributed by atoms with van der Waals surface area (Å²) in [7, 11) is 1.55. The maximum Gasteiger partial charge on any atom is 0.315 e. The maximum absolute atomic E-state index is 11.7. The molecule has 18 heavy (non-hydrogen) atoms. The molecule has 0 N–H and O–H groups in total. The minimum Gasteiger partial charge on any atom is -0.466 e. The maximum atomic E-state index is 11.7. The normalized spacial score (nSPS) is 11.6. The van der Waals surface area contributed by atoms with Gasteiger partial charge in [-0.05, 0) is 20.8 Å². The first-order valence-electron chi connectivity index (χ1n) is 5.99. The van der Waals surface area contributed by atoms with Gasteiger partial charge in [0.25, 0.3) is 0 Å². The van der Waals surface area contributed by atoms with Gasteiger partial charge in [0, 0.05) is 13.1 Å². The summed E-state index contributed by atoms with van der Waals surface area (Å²) >= 11 is 0. The van der Waals surface area contributed by atoms with Crippen LogP contribution in [0.15, 0.2) is 0 Å². The Balaban J connectivity index is 4.19. The highest BCUT2D eigenvalue weighted by molar-refractivity contribution is 5.94. The first-order chi connectivity index (χ1) is 8.42. The molecule has 0 bridgehead atoms. The Bertz CT molecular complexity index is 303. The van der Waals surface area contributed by atoms with Crippen LogP contribution in [-0.4, -0.2) is 49.0 Å². The quantitative estimate of drug-likeness (QED) is 0.498. The Morgan fingerprint density at radius 1 is 1.06 bits per heavy atom. The van der Waals surface area contributed by atoms with E-state index in [9.17, 15) is 14.4 Å². The minimum absolute atomic E-state index is 0.110. The molecule has 0 aromatic carbocycles. The molecule has 0 radical (unpaired) electrons. The van der Waals surface area contributed by atoms with Crippen LogP contribution in [-0.2, 0) is 23.9 Å². The standard InChI is InChI=1S/C12H21NO5/c1-5-17-11(15)7-9(3)13(4)10(14)8-12(16)18-6-2/h9H,5-8H2,1-4H3. The zero-order valence-electron chi connectivity index (χ0n) is 11.4. The van der Waals surface area contributed by atoms with E-state index in [4.69, 9.17) is 4.74 Å². The third-order valence-electron chi connectivity index (χ3n) is 2.42. The van der Waals surface area contributed by atoms with E-state index in [0.29, 0.717) is 6.61 Å². The largest absolute Gasteiger partial charge is 0.466 e. The summed E-state index contributed by atoms with van der Waals surface area (Å²) in [6.07, 6.45) is -0.198. The first-order valence-corrected chi connectivity index (χ1v) is 5.99. The third-order valence-corrected chi connectivity index (χ3v) is 2.42. The number of nitrogens with zero attached hydrogens (tertiary/aromatic N) is 1. The second-order valence-electron chi connectivity index (χ2n) is 3.84. The molecule has 0 saturated carbocycles. The van der Waals surface area contributed by atoms with Crippen molar-refractivity contribution in [2.24, 2.45) is 0 Å². The first kappa shape index (κ1) is 16.4. The highest BCUT2D eigenvalue weighted by Gasteiger charge is 2.21. The van der Waals surface area contributed by atoms with Crippen LogP contribution in [0.4, 0.5) is 0 Å². The van der Waals surface area contributed by atoms with Crippen LogP contribution in [0.2, 0.25) is 0 Å². The third kappa shape index (κ3) is 6.22. The van der Waals surface area contributed by atoms with E-state index in [-0.39, 0.29) is 37.4 Å². The van der Waals surface area contributed by atoms with E-state index in [0.717, 1.165) is 0 Å². The fourth-order valence-electron chi connectivity index (χ4n) is 1.30. The lowest BCUT2D eigenvalue weighted by Crippen LogP contribution is -2.38. The Labute approximate surface area is 107 Å². The highest BCUT2D eigenvalue weighted by atomic mass is 16.5. The molecule has 0 spiro atoms. The number of rotatable bonds is 7. The number of carbonyl (C=O) groups is 3. The molecule has 0 saturated heterocycles. The number of amides is 1. The van der Waals surface area contributed by atoms with Gasteiger partial charge in [-0.3, -0.25) is 14.4 Å². The average Bonchev–Trinajstić information content (AvgIpc) is 2.28. The average molecular weight is 259 g/mol. The number of ether oxygens (including phenoxy) is 2. The van der Waals surface area contributed by atoms with E-state index < -0.39 is 5.97 Å². The SMILES string of the molecule is CCOC(=O)CC(=O)N(C)C(C)CC(=O)OCC. The lowest BCUT2D eigenvalue weighted by atomic mass is 10.2. The minimum atomic E-state index is -0.558. The van der Waals surface area contributed by atoms with Crippen LogP contribution >= 0.6 is 0 Å². The summed E-state index contributed by atoms with van der Waals surface area (Å²) in [5.74, 6) is -1.29. The number of hydrogen-bond acceptors (Lipinski definition) is 5. The lowest BCUT2D eigenvalue weighted by Gasteiger charge is -2.23. The van der Waals surface area contributed by atoms with Gasteiger partial charge >= 0.3 is 11.9 Å². The predicted molar refractivity (Wildman–Crippen MR) is 64.7 cm³/mol. The second kappa shape index (κ2) is 8.49. The molecule has 0 aliphatic carbocycles. The molecule has 0 aromatic heterocycles. The van der Waals surface area contributed by atoms with Gasteiger partial charge in [-0.15, -0.1) is 0 Å². The molecule has 1 amide bonds. The molecule has 6 nitrogen and oxygen atoms in total. The molecule has 0 fully saturated rings. The predicted octanol–water partition coefficient (Wildman–Crippen LogP) is 0.740. The summed E-state index contributed by atoms with van der Waals surface area (Å²) in [6.45, 7) is 5.67. The lowest BCUT2D eigenvalue weighted by molar-refractivity contribution is -0.149. The fraction of sp³-hybridized carbons (Fsp3) is 0.750. The summed E-state index contributed by atoms with van der Waals surface area (Å²) in [6, 6.07) is -0.314. The van der Waals surface area contributed by atoms with Crippen molar-refractivity contribution in [3.8, 4) is 0 Å². The van der Waals surface area contributed by atoms with Crippen molar-refractivity contribution in [2.75, 3.05) is 20.3 Å². The molecule has 0 rings (SSSR count). The van der Waals surface area contributed by atoms with Crippen molar-refractivity contribution in [1.29, 1.82) is 0 Å². The smallest absolute Gasteiger partial charge is 0.315 e. The summed E-state index contributed by atoms with van der Waals surface area (Å²) in [5, 5.41) is 0. The Morgan fingerprint density at radius 2 is 1.56 bits per heavy atom. The highest BCUT2D eigenvalue weighted by Crippen LogP contribution is 2.05. The van der Waals surface area contributed by atoms with Gasteiger partial charge in [-0.2, -0.15) is 0 Å². The molecule has 0 heterocycles. The topological polar surface area (TPSA) is 72.9 Å². The van der Waals surface area contributed by atoms with Gasteiger partial charge < -0.3 is 14.4 Å². The van der Waals surface area contributed by atoms with E-state index in [2.05, 4.69) is 4.74 Å². The van der Waals surface area contributed by atoms with Gasteiger partial charge in [-0.25, -0.2) is 0 Å². The Kier molecular flexibility index (Phi) is 7.74. The molecule has 104 valence electrons. The molecule has 0 aliphatic heterocycles. The summed E-state index contributed by atoms with van der Waals surface area (Å²) in [5.41, 5.74) is 0. The number of esters is 2. The van der Waals surface area contributed by atoms with Gasteiger partial charge in [0.2, 0.25) is 5.91 Å². The molecule has 1 atom stereocenters. The fourth-order valence-corrected chi connectivity index (χ4v) is 1.30. The van der Waals surface area contributed by atoms with Crippen LogP contribution in [0, 0.1) is 0 Å². The summed E-state index contributed by atoms with van der Waals surface area (Å²) < 4.78 is 9.48. The molecular weight excluding hydrogens is 238 g/mol. The van der Waals surface area contributed by atoms with Crippen molar-refractivity contribution in [3.63, 3.8) is 0 Å². The van der Waals surface area contributed by atoms with Gasteiger partial charge in [-0.1, -0.05) is 0 Å². The second-order valence-corrected chi connectivity index (χ2v) is 3.84. The van der Waals surface area contributed by atoms with Crippen LogP contribution in [0.3, 0.4) is 0 Å². The van der Waals surface area contributed by atoms with Crippen molar-refractivity contribution >= 4 is 17.8 Å². The van der Waals surface area contributed by atoms with Gasteiger partial charge in [0.05, 0.1) is 19.6 Å². The van der Waals surface area contributed by atoms with E-state index >= 15 is 0 Å². The van der Waals surface area contributed by atoms with E-state index in [1.165, 1.54) is 4.90 Å². The van der Waals surface area contributed by atoms with Crippen molar-refractivity contribution in [2.45, 2.75) is 39.7 Å². The van der Waals surface area contributed by atoms with Crippen molar-refractivity contribution in [3.05, 3.63) is 0 Å². The zero-order chi connectivity index (χ0) is 14.1. The van der Waals surface area contributed by atoms with Crippen LogP contribution < -0.4 is 0 Å². The molecule has 1 unspecified atom stereocenters. The van der Waals surface area contributed by atoms with Crippen LogP contribution in [0.1, 0.15) is 33.6 Å². The number of carbonyl (C=O) groups excluding carboxylic acids is 3. The zero-order valence-corrected chi connectivity index (χ0v) is 11.4. The number of hydrogen-bond donors (Lipinski definition) is 0. The molecular formula is C12H21NO5. The van der Waals surface area contributed by atoms with Crippen LogP contribution in [0.25, 0.3) is 0 Å². The van der Waals surface area contributed by atoms with E-state index in [1.54, 1.807) is 27.8 Å². The van der Waals surface area contributed by atoms with Crippen LogP contribution in [0.5, 0.6) is 0 Å². The molecule has 0 aromatic rings. The van der Waals surface area contributed by atoms with E-state index in [1.807, 2.05) is 0 Å². The Hall–Kier alpha value is -1.59. The van der Waals surface area contributed by atoms with Gasteiger partial charge in [0.15, 0.2) is 0 Å². The summed E-state index contributed by atoms with van der Waals surface area (Å²) in [4.78, 5) is 35.4.